The van der Waals surface area contributed by atoms with Gasteiger partial charge < -0.3 is 10.6 Å². The van der Waals surface area contributed by atoms with Crippen molar-refractivity contribution in [1.29, 1.82) is 0 Å². The van der Waals surface area contributed by atoms with Crippen LogP contribution in [0, 0.1) is 0 Å². The van der Waals surface area contributed by atoms with Crippen LogP contribution in [-0.2, 0) is 17.9 Å². The van der Waals surface area contributed by atoms with Gasteiger partial charge in [-0.25, -0.2) is 4.98 Å². The minimum absolute atomic E-state index is 0.0792. The third kappa shape index (κ3) is 2.80. The molecule has 2 aromatic heterocycles. The molecule has 0 aliphatic rings. The molecule has 0 spiro atoms. The first-order chi connectivity index (χ1) is 8.15. The molecule has 0 saturated carbocycles. The molecular weight excluding hydrogens is 222 g/mol. The van der Waals surface area contributed by atoms with Crippen LogP contribution < -0.4 is 5.73 Å². The first-order valence-corrected chi connectivity index (χ1v) is 5.01. The van der Waals surface area contributed by atoms with Crippen molar-refractivity contribution in [2.75, 3.05) is 12.8 Å². The van der Waals surface area contributed by atoms with Crippen LogP contribution in [0.15, 0.2) is 18.7 Å². The normalized spacial score (nSPS) is 10.4. The number of nitrogens with zero attached hydrogens (tertiary/aromatic N) is 5. The highest BCUT2D eigenvalue weighted by Crippen LogP contribution is 2.00. The molecule has 0 aliphatic heterocycles. The number of carbonyl (C=O) groups is 1. The molecule has 8 heteroatoms. The van der Waals surface area contributed by atoms with Gasteiger partial charge in [0.2, 0.25) is 5.91 Å². The summed E-state index contributed by atoms with van der Waals surface area (Å²) in [5.74, 6) is 0.560. The summed E-state index contributed by atoms with van der Waals surface area (Å²) in [6.07, 6.45) is 4.52. The van der Waals surface area contributed by atoms with Crippen LogP contribution in [0.2, 0.25) is 0 Å². The summed E-state index contributed by atoms with van der Waals surface area (Å²) in [5, 5.41) is 10.4. The summed E-state index contributed by atoms with van der Waals surface area (Å²) in [5.41, 5.74) is 6.05. The molecule has 2 rings (SSSR count). The average molecular weight is 235 g/mol. The molecule has 90 valence electrons. The number of anilines is 1. The summed E-state index contributed by atoms with van der Waals surface area (Å²) in [6.45, 7) is 0.539. The Morgan fingerprint density at radius 3 is 3.06 bits per heavy atom. The lowest BCUT2D eigenvalue weighted by Crippen LogP contribution is -2.30. The van der Waals surface area contributed by atoms with Gasteiger partial charge in [0, 0.05) is 13.2 Å². The van der Waals surface area contributed by atoms with Gasteiger partial charge in [-0.1, -0.05) is 0 Å². The Kier molecular flexibility index (Phi) is 3.03. The number of aromatic nitrogens is 5. The van der Waals surface area contributed by atoms with Crippen LogP contribution in [-0.4, -0.2) is 42.8 Å². The van der Waals surface area contributed by atoms with Crippen LogP contribution in [0.5, 0.6) is 0 Å². The van der Waals surface area contributed by atoms with Crippen molar-refractivity contribution >= 4 is 11.6 Å². The Bertz CT molecular complexity index is 489. The van der Waals surface area contributed by atoms with Crippen molar-refractivity contribution in [3.63, 3.8) is 0 Å². The summed E-state index contributed by atoms with van der Waals surface area (Å²) >= 11 is 0. The maximum absolute atomic E-state index is 11.8. The Morgan fingerprint density at radius 2 is 2.47 bits per heavy atom. The quantitative estimate of drug-likeness (QED) is 0.724. The standard InChI is InChI=1S/C9H13N7O/c1-15(4-8-11-6-12-14-8)9(17)5-16-3-7(10)2-13-16/h2-3,6H,4-5,10H2,1H3,(H,11,12,14). The van der Waals surface area contributed by atoms with Crippen molar-refractivity contribution in [3.05, 3.63) is 24.5 Å². The van der Waals surface area contributed by atoms with Gasteiger partial charge in [0.05, 0.1) is 18.4 Å². The molecule has 0 aromatic carbocycles. The number of nitrogen functional groups attached to an aromatic ring is 1. The van der Waals surface area contributed by atoms with E-state index in [4.69, 9.17) is 5.73 Å². The van der Waals surface area contributed by atoms with Gasteiger partial charge >= 0.3 is 0 Å². The van der Waals surface area contributed by atoms with E-state index in [1.807, 2.05) is 0 Å². The van der Waals surface area contributed by atoms with Crippen LogP contribution >= 0.6 is 0 Å². The second-order valence-corrected chi connectivity index (χ2v) is 3.65. The number of aromatic amines is 1. The largest absolute Gasteiger partial charge is 0.396 e. The van der Waals surface area contributed by atoms with E-state index in [9.17, 15) is 4.79 Å². The third-order valence-corrected chi connectivity index (χ3v) is 2.23. The van der Waals surface area contributed by atoms with E-state index < -0.39 is 0 Å². The Hall–Kier alpha value is -2.38. The lowest BCUT2D eigenvalue weighted by molar-refractivity contribution is -0.131. The molecule has 0 saturated heterocycles. The molecule has 2 heterocycles. The number of H-pyrrole nitrogens is 1. The molecule has 0 radical (unpaired) electrons. The zero-order valence-electron chi connectivity index (χ0n) is 9.37. The zero-order chi connectivity index (χ0) is 12.3. The van der Waals surface area contributed by atoms with Gasteiger partial charge in [0.15, 0.2) is 0 Å². The van der Waals surface area contributed by atoms with Crippen molar-refractivity contribution in [2.24, 2.45) is 0 Å². The van der Waals surface area contributed by atoms with Crippen molar-refractivity contribution in [1.82, 2.24) is 29.9 Å². The van der Waals surface area contributed by atoms with Crippen LogP contribution in [0.3, 0.4) is 0 Å². The number of rotatable bonds is 4. The lowest BCUT2D eigenvalue weighted by atomic mass is 10.4. The van der Waals surface area contributed by atoms with Gasteiger partial charge in [0.25, 0.3) is 0 Å². The Morgan fingerprint density at radius 1 is 1.65 bits per heavy atom. The average Bonchev–Trinajstić information content (AvgIpc) is 2.90. The highest BCUT2D eigenvalue weighted by atomic mass is 16.2. The van der Waals surface area contributed by atoms with E-state index in [0.29, 0.717) is 18.1 Å². The topological polar surface area (TPSA) is 106 Å². The fourth-order valence-corrected chi connectivity index (χ4v) is 1.35. The molecular formula is C9H13N7O. The molecule has 17 heavy (non-hydrogen) atoms. The van der Waals surface area contributed by atoms with Gasteiger partial charge in [-0.2, -0.15) is 10.2 Å². The number of likely N-dealkylation sites (N-methyl/N-ethyl adjacent to an activating group) is 1. The number of nitrogens with two attached hydrogens (primary N) is 1. The molecule has 0 aliphatic carbocycles. The second kappa shape index (κ2) is 4.64. The number of hydrogen-bond acceptors (Lipinski definition) is 5. The summed E-state index contributed by atoms with van der Waals surface area (Å²) in [7, 11) is 1.69. The molecule has 0 unspecified atom stereocenters. The van der Waals surface area contributed by atoms with E-state index >= 15 is 0 Å². The van der Waals surface area contributed by atoms with E-state index in [1.54, 1.807) is 18.1 Å². The fourth-order valence-electron chi connectivity index (χ4n) is 1.35. The highest BCUT2D eigenvalue weighted by Gasteiger charge is 2.11. The van der Waals surface area contributed by atoms with Gasteiger partial charge in [-0.15, -0.1) is 0 Å². The third-order valence-electron chi connectivity index (χ3n) is 2.23. The monoisotopic (exact) mass is 235 g/mol. The predicted octanol–water partition coefficient (Wildman–Crippen LogP) is -0.758. The summed E-state index contributed by atoms with van der Waals surface area (Å²) in [4.78, 5) is 17.3. The van der Waals surface area contributed by atoms with E-state index in [2.05, 4.69) is 20.3 Å². The molecule has 0 atom stereocenters. The molecule has 8 nitrogen and oxygen atoms in total. The molecule has 3 N–H and O–H groups in total. The second-order valence-electron chi connectivity index (χ2n) is 3.65. The maximum Gasteiger partial charge on any atom is 0.244 e. The van der Waals surface area contributed by atoms with Crippen LogP contribution in [0.25, 0.3) is 0 Å². The number of carbonyl (C=O) groups excluding carboxylic acids is 1. The molecule has 0 fully saturated rings. The van der Waals surface area contributed by atoms with E-state index in [1.165, 1.54) is 17.2 Å². The first-order valence-electron chi connectivity index (χ1n) is 5.01. The maximum atomic E-state index is 11.8. The van der Waals surface area contributed by atoms with Gasteiger partial charge in [0.1, 0.15) is 18.7 Å². The highest BCUT2D eigenvalue weighted by molar-refractivity contribution is 5.75. The fraction of sp³-hybridized carbons (Fsp3) is 0.333. The van der Waals surface area contributed by atoms with Crippen molar-refractivity contribution < 1.29 is 4.79 Å². The van der Waals surface area contributed by atoms with E-state index in [0.717, 1.165) is 0 Å². The number of amides is 1. The van der Waals surface area contributed by atoms with E-state index in [-0.39, 0.29) is 12.5 Å². The molecule has 1 amide bonds. The molecule has 2 aromatic rings. The van der Waals surface area contributed by atoms with Crippen molar-refractivity contribution in [2.45, 2.75) is 13.1 Å². The summed E-state index contributed by atoms with van der Waals surface area (Å²) < 4.78 is 1.49. The smallest absolute Gasteiger partial charge is 0.244 e. The number of nitrogens with one attached hydrogen (secondary N) is 1. The van der Waals surface area contributed by atoms with Crippen LogP contribution in [0.1, 0.15) is 5.82 Å². The van der Waals surface area contributed by atoms with Gasteiger partial charge in [-0.3, -0.25) is 14.6 Å². The predicted molar refractivity (Wildman–Crippen MR) is 59.5 cm³/mol. The van der Waals surface area contributed by atoms with Crippen molar-refractivity contribution in [3.8, 4) is 0 Å². The minimum Gasteiger partial charge on any atom is -0.396 e. The Balaban J connectivity index is 1.91. The van der Waals surface area contributed by atoms with Gasteiger partial charge in [-0.05, 0) is 0 Å². The molecule has 0 bridgehead atoms. The summed E-state index contributed by atoms with van der Waals surface area (Å²) in [6, 6.07) is 0. The first kappa shape index (κ1) is 11.1. The van der Waals surface area contributed by atoms with Crippen LogP contribution in [0.4, 0.5) is 5.69 Å². The minimum atomic E-state index is -0.0792. The number of hydrogen-bond donors (Lipinski definition) is 2. The lowest BCUT2D eigenvalue weighted by Gasteiger charge is -2.15. The SMILES string of the molecule is CN(Cc1ncn[nH]1)C(=O)Cn1cc(N)cn1. The Labute approximate surface area is 97.4 Å². The zero-order valence-corrected chi connectivity index (χ0v) is 9.37.